The number of carboxylic acid groups (broad SMARTS) is 1. The zero-order valence-electron chi connectivity index (χ0n) is 15.9. The maximum atomic E-state index is 12.8. The summed E-state index contributed by atoms with van der Waals surface area (Å²) in [5.41, 5.74) is 0.958. The highest BCUT2D eigenvalue weighted by Gasteiger charge is 2.66. The molecule has 2 aliphatic rings. The van der Waals surface area contributed by atoms with Gasteiger partial charge in [-0.3, -0.25) is 9.59 Å². The van der Waals surface area contributed by atoms with E-state index in [1.165, 1.54) is 5.56 Å². The molecule has 1 aliphatic heterocycles. The molecular weight excluding hydrogens is 328 g/mol. The van der Waals surface area contributed by atoms with Crippen LogP contribution in [0.5, 0.6) is 0 Å². The van der Waals surface area contributed by atoms with Crippen molar-refractivity contribution in [2.24, 2.45) is 17.3 Å². The van der Waals surface area contributed by atoms with E-state index in [2.05, 4.69) is 29.2 Å². The summed E-state index contributed by atoms with van der Waals surface area (Å²) < 4.78 is 0. The second-order valence-corrected chi connectivity index (χ2v) is 8.22. The van der Waals surface area contributed by atoms with Crippen LogP contribution < -0.4 is 0 Å². The van der Waals surface area contributed by atoms with Gasteiger partial charge in [-0.15, -0.1) is 0 Å². The van der Waals surface area contributed by atoms with Crippen LogP contribution in [0.2, 0.25) is 0 Å². The predicted octanol–water partition coefficient (Wildman–Crippen LogP) is 2.51. The lowest BCUT2D eigenvalue weighted by molar-refractivity contribution is -0.142. The molecule has 26 heavy (non-hydrogen) atoms. The molecule has 1 N–H and O–H groups in total. The lowest BCUT2D eigenvalue weighted by Crippen LogP contribution is -2.37. The van der Waals surface area contributed by atoms with Gasteiger partial charge in [0.05, 0.1) is 11.8 Å². The standard InChI is InChI=1S/C21H30N2O3/c1-21(2)17(18(21)20(25)26)19(24)23-13-7-12-22(14-15-23)11-6-10-16-8-4-3-5-9-16/h3-5,8-9,17-18H,6-7,10-15H2,1-2H3,(H,25,26)/t17-,18+/m1/s1. The van der Waals surface area contributed by atoms with Crippen LogP contribution >= 0.6 is 0 Å². The molecule has 1 aliphatic carbocycles. The SMILES string of the molecule is CC1(C)[C@H](C(=O)O)[C@@H]1C(=O)N1CCCN(CCCc2ccccc2)CC1. The molecule has 0 aromatic heterocycles. The fourth-order valence-corrected chi connectivity index (χ4v) is 4.32. The van der Waals surface area contributed by atoms with Gasteiger partial charge in [0.2, 0.25) is 5.91 Å². The van der Waals surface area contributed by atoms with Gasteiger partial charge >= 0.3 is 5.97 Å². The fraction of sp³-hybridized carbons (Fsp3) is 0.619. The largest absolute Gasteiger partial charge is 0.481 e. The van der Waals surface area contributed by atoms with Crippen molar-refractivity contribution in [2.75, 3.05) is 32.7 Å². The number of hydrogen-bond acceptors (Lipinski definition) is 3. The Morgan fingerprint density at radius 1 is 1.08 bits per heavy atom. The van der Waals surface area contributed by atoms with Crippen molar-refractivity contribution >= 4 is 11.9 Å². The van der Waals surface area contributed by atoms with Crippen molar-refractivity contribution in [2.45, 2.75) is 33.1 Å². The molecule has 5 nitrogen and oxygen atoms in total. The maximum absolute atomic E-state index is 12.8. The van der Waals surface area contributed by atoms with Gasteiger partial charge in [-0.1, -0.05) is 44.2 Å². The van der Waals surface area contributed by atoms with Crippen molar-refractivity contribution in [1.29, 1.82) is 0 Å². The molecule has 2 fully saturated rings. The Kier molecular flexibility index (Phi) is 5.66. The number of carbonyl (C=O) groups is 2. The molecule has 2 atom stereocenters. The first kappa shape index (κ1) is 18.9. The summed E-state index contributed by atoms with van der Waals surface area (Å²) in [5.74, 6) is -1.69. The normalized spacial score (nSPS) is 25.5. The lowest BCUT2D eigenvalue weighted by atomic mass is 10.1. The zero-order chi connectivity index (χ0) is 18.7. The van der Waals surface area contributed by atoms with Crippen molar-refractivity contribution in [1.82, 2.24) is 9.80 Å². The molecule has 1 amide bonds. The Hall–Kier alpha value is -1.88. The third-order valence-corrected chi connectivity index (χ3v) is 6.04. The molecule has 1 aromatic carbocycles. The molecule has 1 saturated heterocycles. The van der Waals surface area contributed by atoms with Crippen LogP contribution in [-0.4, -0.2) is 59.5 Å². The molecule has 142 valence electrons. The summed E-state index contributed by atoms with van der Waals surface area (Å²) in [7, 11) is 0. The van der Waals surface area contributed by atoms with Crippen LogP contribution in [0.25, 0.3) is 0 Å². The molecule has 0 unspecified atom stereocenters. The summed E-state index contributed by atoms with van der Waals surface area (Å²) in [5, 5.41) is 9.32. The average molecular weight is 358 g/mol. The van der Waals surface area contributed by atoms with Crippen molar-refractivity contribution < 1.29 is 14.7 Å². The van der Waals surface area contributed by atoms with Gasteiger partial charge in [-0.25, -0.2) is 0 Å². The molecule has 0 spiro atoms. The van der Waals surface area contributed by atoms with Crippen LogP contribution in [0.1, 0.15) is 32.3 Å². The molecule has 0 radical (unpaired) electrons. The highest BCUT2D eigenvalue weighted by molar-refractivity contribution is 5.91. The van der Waals surface area contributed by atoms with E-state index < -0.39 is 17.3 Å². The lowest BCUT2D eigenvalue weighted by Gasteiger charge is -2.22. The highest BCUT2D eigenvalue weighted by atomic mass is 16.4. The number of carboxylic acids is 1. The molecule has 1 aromatic rings. The summed E-state index contributed by atoms with van der Waals surface area (Å²) in [6, 6.07) is 10.5. The molecule has 3 rings (SSSR count). The van der Waals surface area contributed by atoms with Crippen LogP contribution in [0.3, 0.4) is 0 Å². The number of rotatable bonds is 6. The molecule has 1 saturated carbocycles. The van der Waals surface area contributed by atoms with E-state index in [9.17, 15) is 14.7 Å². The molecule has 5 heteroatoms. The molecular formula is C21H30N2O3. The first-order valence-electron chi connectivity index (χ1n) is 9.69. The third-order valence-electron chi connectivity index (χ3n) is 6.04. The first-order chi connectivity index (χ1) is 12.4. The predicted molar refractivity (Wildman–Crippen MR) is 101 cm³/mol. The summed E-state index contributed by atoms with van der Waals surface area (Å²) in [6.45, 7) is 8.17. The van der Waals surface area contributed by atoms with Crippen molar-refractivity contribution in [3.05, 3.63) is 35.9 Å². The van der Waals surface area contributed by atoms with Crippen molar-refractivity contribution in [3.63, 3.8) is 0 Å². The number of amides is 1. The maximum Gasteiger partial charge on any atom is 0.307 e. The van der Waals surface area contributed by atoms with Gasteiger partial charge in [-0.05, 0) is 43.3 Å². The second kappa shape index (κ2) is 7.78. The Morgan fingerprint density at radius 3 is 2.46 bits per heavy atom. The van der Waals surface area contributed by atoms with E-state index in [0.717, 1.165) is 45.4 Å². The second-order valence-electron chi connectivity index (χ2n) is 8.22. The topological polar surface area (TPSA) is 60.9 Å². The van der Waals surface area contributed by atoms with Crippen molar-refractivity contribution in [3.8, 4) is 0 Å². The van der Waals surface area contributed by atoms with E-state index in [1.54, 1.807) is 0 Å². The van der Waals surface area contributed by atoms with Gasteiger partial charge in [0.1, 0.15) is 0 Å². The smallest absolute Gasteiger partial charge is 0.307 e. The van der Waals surface area contributed by atoms with E-state index in [0.29, 0.717) is 6.54 Å². The fourth-order valence-electron chi connectivity index (χ4n) is 4.32. The Labute approximate surface area is 156 Å². The minimum absolute atomic E-state index is 0.0357. The van der Waals surface area contributed by atoms with Crippen LogP contribution in [0.4, 0.5) is 0 Å². The van der Waals surface area contributed by atoms with Crippen LogP contribution in [0.15, 0.2) is 30.3 Å². The van der Waals surface area contributed by atoms with Gasteiger partial charge in [-0.2, -0.15) is 0 Å². The number of benzene rings is 1. The Morgan fingerprint density at radius 2 is 1.81 bits per heavy atom. The van der Waals surface area contributed by atoms with Gasteiger partial charge in [0.15, 0.2) is 0 Å². The average Bonchev–Trinajstić information content (AvgIpc) is 3.27. The Bertz CT molecular complexity index is 644. The van der Waals surface area contributed by atoms with E-state index in [4.69, 9.17) is 0 Å². The summed E-state index contributed by atoms with van der Waals surface area (Å²) >= 11 is 0. The highest BCUT2D eigenvalue weighted by Crippen LogP contribution is 2.59. The number of aliphatic carboxylic acids is 1. The summed E-state index contributed by atoms with van der Waals surface area (Å²) in [6.07, 6.45) is 3.16. The van der Waals surface area contributed by atoms with Gasteiger partial charge in [0.25, 0.3) is 0 Å². The first-order valence-corrected chi connectivity index (χ1v) is 9.69. The molecule has 1 heterocycles. The zero-order valence-corrected chi connectivity index (χ0v) is 15.9. The monoisotopic (exact) mass is 358 g/mol. The minimum atomic E-state index is -0.842. The summed E-state index contributed by atoms with van der Waals surface area (Å²) in [4.78, 5) is 28.5. The number of hydrogen-bond donors (Lipinski definition) is 1. The van der Waals surface area contributed by atoms with Crippen LogP contribution in [-0.2, 0) is 16.0 Å². The van der Waals surface area contributed by atoms with Gasteiger partial charge in [0, 0.05) is 19.6 Å². The van der Waals surface area contributed by atoms with E-state index >= 15 is 0 Å². The number of aryl methyl sites for hydroxylation is 1. The quantitative estimate of drug-likeness (QED) is 0.849. The Balaban J connectivity index is 1.46. The van der Waals surface area contributed by atoms with Crippen LogP contribution in [0, 0.1) is 17.3 Å². The number of carbonyl (C=O) groups excluding carboxylic acids is 1. The molecule has 0 bridgehead atoms. The van der Waals surface area contributed by atoms with Gasteiger partial charge < -0.3 is 14.9 Å². The van der Waals surface area contributed by atoms with E-state index in [-0.39, 0.29) is 11.8 Å². The third kappa shape index (κ3) is 4.09. The minimum Gasteiger partial charge on any atom is -0.481 e. The number of nitrogens with zero attached hydrogens (tertiary/aromatic N) is 2. The van der Waals surface area contributed by atoms with E-state index in [1.807, 2.05) is 24.8 Å².